The maximum atomic E-state index is 11.7. The number of nitrogens with two attached hydrogens (primary N) is 1. The summed E-state index contributed by atoms with van der Waals surface area (Å²) in [6.07, 6.45) is 3.64. The minimum Gasteiger partial charge on any atom is -0.387 e. The fraction of sp³-hybridized carbons (Fsp3) is 0.133. The number of hydrogen-bond donors (Lipinski definition) is 2. The molecule has 0 unspecified atom stereocenters. The van der Waals surface area contributed by atoms with Crippen LogP contribution in [0.4, 0.5) is 5.69 Å². The molecule has 0 saturated heterocycles. The zero-order valence-electron chi connectivity index (χ0n) is 12.2. The van der Waals surface area contributed by atoms with E-state index in [1.54, 1.807) is 19.2 Å². The number of hydrogen-bond acceptors (Lipinski definition) is 4. The van der Waals surface area contributed by atoms with Crippen molar-refractivity contribution >= 4 is 21.4 Å². The number of aromatic nitrogens is 2. The summed E-state index contributed by atoms with van der Waals surface area (Å²) in [4.78, 5) is 4.49. The largest absolute Gasteiger partial charge is 0.387 e. The van der Waals surface area contributed by atoms with E-state index < -0.39 is 10.0 Å². The molecular formula is C15H16N4O2S. The number of nitrogens with one attached hydrogen (secondary N) is 1. The van der Waals surface area contributed by atoms with Crippen molar-refractivity contribution in [1.82, 2.24) is 9.38 Å². The maximum Gasteiger partial charge on any atom is 0.238 e. The van der Waals surface area contributed by atoms with E-state index in [1.807, 2.05) is 35.8 Å². The molecule has 0 aliphatic carbocycles. The van der Waals surface area contributed by atoms with Crippen LogP contribution in [0.25, 0.3) is 16.9 Å². The van der Waals surface area contributed by atoms with Crippen molar-refractivity contribution in [2.24, 2.45) is 5.14 Å². The van der Waals surface area contributed by atoms with Crippen LogP contribution in [0, 0.1) is 6.92 Å². The maximum absolute atomic E-state index is 11.7. The molecule has 3 rings (SSSR count). The van der Waals surface area contributed by atoms with Crippen molar-refractivity contribution in [1.29, 1.82) is 0 Å². The first-order chi connectivity index (χ1) is 10.4. The van der Waals surface area contributed by atoms with Crippen molar-refractivity contribution in [2.45, 2.75) is 11.8 Å². The Morgan fingerprint density at radius 1 is 1.23 bits per heavy atom. The first-order valence-electron chi connectivity index (χ1n) is 6.69. The molecule has 114 valence electrons. The van der Waals surface area contributed by atoms with Crippen LogP contribution < -0.4 is 10.5 Å². The van der Waals surface area contributed by atoms with E-state index in [2.05, 4.69) is 10.3 Å². The average molecular weight is 316 g/mol. The number of primary sulfonamides is 1. The lowest BCUT2D eigenvalue weighted by atomic mass is 10.1. The Hall–Kier alpha value is -2.38. The van der Waals surface area contributed by atoms with Crippen LogP contribution in [0.2, 0.25) is 0 Å². The van der Waals surface area contributed by atoms with E-state index in [0.29, 0.717) is 5.56 Å². The number of fused-ring (bicyclic) bond motifs is 1. The molecule has 0 amide bonds. The molecule has 0 aliphatic rings. The van der Waals surface area contributed by atoms with Crippen LogP contribution >= 0.6 is 0 Å². The third-order valence-corrected chi connectivity index (χ3v) is 4.72. The number of sulfonamides is 1. The van der Waals surface area contributed by atoms with Gasteiger partial charge in [-0.15, -0.1) is 0 Å². The van der Waals surface area contributed by atoms with E-state index in [4.69, 9.17) is 5.14 Å². The second kappa shape index (κ2) is 5.11. The number of pyridine rings is 1. The zero-order valence-corrected chi connectivity index (χ0v) is 13.1. The van der Waals surface area contributed by atoms with Gasteiger partial charge in [0.1, 0.15) is 5.65 Å². The fourth-order valence-electron chi connectivity index (χ4n) is 2.53. The van der Waals surface area contributed by atoms with E-state index in [9.17, 15) is 8.42 Å². The molecule has 0 spiro atoms. The van der Waals surface area contributed by atoms with Crippen LogP contribution in [0.1, 0.15) is 5.56 Å². The van der Waals surface area contributed by atoms with E-state index in [-0.39, 0.29) is 4.90 Å². The van der Waals surface area contributed by atoms with Gasteiger partial charge in [0.2, 0.25) is 10.0 Å². The highest BCUT2D eigenvalue weighted by Crippen LogP contribution is 2.28. The van der Waals surface area contributed by atoms with Crippen molar-refractivity contribution < 1.29 is 8.42 Å². The van der Waals surface area contributed by atoms with Crippen LogP contribution in [-0.2, 0) is 10.0 Å². The van der Waals surface area contributed by atoms with Crippen LogP contribution in [0.3, 0.4) is 0 Å². The summed E-state index contributed by atoms with van der Waals surface area (Å²) in [5.74, 6) is 0. The molecule has 0 radical (unpaired) electrons. The van der Waals surface area contributed by atoms with Crippen molar-refractivity contribution in [3.63, 3.8) is 0 Å². The monoisotopic (exact) mass is 316 g/mol. The fourth-order valence-corrected chi connectivity index (χ4v) is 3.33. The predicted octanol–water partition coefficient (Wildman–Crippen LogP) is 2.00. The Kier molecular flexibility index (Phi) is 3.38. The van der Waals surface area contributed by atoms with Crippen molar-refractivity contribution in [3.05, 3.63) is 48.3 Å². The Bertz CT molecular complexity index is 961. The van der Waals surface area contributed by atoms with Gasteiger partial charge in [-0.05, 0) is 30.7 Å². The SMILES string of the molecule is CNc1ccc2ncc(-c3cccc(S(N)(=O)=O)c3C)n2c1. The Labute approximate surface area is 128 Å². The third kappa shape index (κ3) is 2.34. The number of benzene rings is 1. The first-order valence-corrected chi connectivity index (χ1v) is 8.24. The summed E-state index contributed by atoms with van der Waals surface area (Å²) in [6.45, 7) is 1.75. The number of nitrogens with zero attached hydrogens (tertiary/aromatic N) is 2. The Balaban J connectivity index is 2.28. The highest BCUT2D eigenvalue weighted by molar-refractivity contribution is 7.89. The number of rotatable bonds is 3. The molecule has 3 aromatic rings. The highest BCUT2D eigenvalue weighted by atomic mass is 32.2. The molecule has 6 nitrogen and oxygen atoms in total. The molecule has 0 bridgehead atoms. The van der Waals surface area contributed by atoms with Gasteiger partial charge >= 0.3 is 0 Å². The summed E-state index contributed by atoms with van der Waals surface area (Å²) in [7, 11) is -1.92. The van der Waals surface area contributed by atoms with Crippen molar-refractivity contribution in [2.75, 3.05) is 12.4 Å². The molecule has 22 heavy (non-hydrogen) atoms. The minimum atomic E-state index is -3.76. The normalized spacial score (nSPS) is 11.8. The van der Waals surface area contributed by atoms with Gasteiger partial charge in [0, 0.05) is 18.8 Å². The molecule has 0 aliphatic heterocycles. The van der Waals surface area contributed by atoms with Gasteiger partial charge in [-0.3, -0.25) is 4.40 Å². The molecule has 7 heteroatoms. The Morgan fingerprint density at radius 3 is 2.68 bits per heavy atom. The van der Waals surface area contributed by atoms with Crippen LogP contribution in [0.5, 0.6) is 0 Å². The van der Waals surface area contributed by atoms with Crippen molar-refractivity contribution in [3.8, 4) is 11.3 Å². The van der Waals surface area contributed by atoms with Gasteiger partial charge < -0.3 is 5.32 Å². The summed E-state index contributed by atoms with van der Waals surface area (Å²) in [5, 5.41) is 8.35. The smallest absolute Gasteiger partial charge is 0.238 e. The molecule has 1 aromatic carbocycles. The van der Waals surface area contributed by atoms with Crippen LogP contribution in [-0.4, -0.2) is 24.9 Å². The molecule has 0 saturated carbocycles. The third-order valence-electron chi connectivity index (χ3n) is 3.66. The average Bonchev–Trinajstić information content (AvgIpc) is 2.89. The van der Waals surface area contributed by atoms with Gasteiger partial charge in [-0.1, -0.05) is 12.1 Å². The summed E-state index contributed by atoms with van der Waals surface area (Å²) < 4.78 is 25.3. The van der Waals surface area contributed by atoms with Gasteiger partial charge in [0.25, 0.3) is 0 Å². The predicted molar refractivity (Wildman–Crippen MR) is 86.3 cm³/mol. The summed E-state index contributed by atoms with van der Waals surface area (Å²) >= 11 is 0. The topological polar surface area (TPSA) is 89.5 Å². The molecule has 0 atom stereocenters. The van der Waals surface area contributed by atoms with Gasteiger partial charge in [0.15, 0.2) is 0 Å². The summed E-state index contributed by atoms with van der Waals surface area (Å²) in [5.41, 5.74) is 3.94. The van der Waals surface area contributed by atoms with Gasteiger partial charge in [-0.2, -0.15) is 0 Å². The number of anilines is 1. The second-order valence-electron chi connectivity index (χ2n) is 5.01. The lowest BCUT2D eigenvalue weighted by molar-refractivity contribution is 0.597. The number of imidazole rings is 1. The van der Waals surface area contributed by atoms with Gasteiger partial charge in [-0.25, -0.2) is 18.5 Å². The van der Waals surface area contributed by atoms with Gasteiger partial charge in [0.05, 0.1) is 22.5 Å². The minimum absolute atomic E-state index is 0.129. The van der Waals surface area contributed by atoms with E-state index in [1.165, 1.54) is 6.07 Å². The zero-order chi connectivity index (χ0) is 15.9. The standard InChI is InChI=1S/C15H16N4O2S/c1-10-12(4-3-5-14(10)22(16,20)21)13-8-18-15-7-6-11(17-2)9-19(13)15/h3-9,17H,1-2H3,(H2,16,20,21). The van der Waals surface area contributed by atoms with E-state index >= 15 is 0 Å². The second-order valence-corrected chi connectivity index (χ2v) is 6.54. The lowest BCUT2D eigenvalue weighted by Gasteiger charge is -2.10. The lowest BCUT2D eigenvalue weighted by Crippen LogP contribution is -2.14. The Morgan fingerprint density at radius 2 is 2.00 bits per heavy atom. The quantitative estimate of drug-likeness (QED) is 0.773. The molecule has 2 aromatic heterocycles. The molecule has 3 N–H and O–H groups in total. The first kappa shape index (κ1) is 14.6. The van der Waals surface area contributed by atoms with E-state index in [0.717, 1.165) is 22.6 Å². The molecular weight excluding hydrogens is 300 g/mol. The molecule has 2 heterocycles. The summed E-state index contributed by atoms with van der Waals surface area (Å²) in [6, 6.07) is 8.88. The van der Waals surface area contributed by atoms with Crippen LogP contribution in [0.15, 0.2) is 47.6 Å². The highest BCUT2D eigenvalue weighted by Gasteiger charge is 2.16. The molecule has 0 fully saturated rings.